The number of hydrogen-bond donors (Lipinski definition) is 0. The van der Waals surface area contributed by atoms with Crippen LogP contribution in [0.25, 0.3) is 0 Å². The first-order valence-corrected chi connectivity index (χ1v) is 10.5. The highest BCUT2D eigenvalue weighted by Gasteiger charge is 2.12. The number of hydrogen-bond acceptors (Lipinski definition) is 2. The van der Waals surface area contributed by atoms with E-state index in [0.717, 1.165) is 11.1 Å². The minimum Gasteiger partial charge on any atom is -0.294 e. The molecular weight excluding hydrogens is 376 g/mol. The smallest absolute Gasteiger partial charge is 0.126 e. The Morgan fingerprint density at radius 1 is 0.857 bits per heavy atom. The van der Waals surface area contributed by atoms with E-state index in [4.69, 9.17) is 0 Å². The molecule has 1 unspecified atom stereocenters. The second-order valence-electron chi connectivity index (χ2n) is 6.78. The highest BCUT2D eigenvalue weighted by atomic mass is 32.2. The van der Waals surface area contributed by atoms with Gasteiger partial charge in [-0.1, -0.05) is 42.5 Å². The zero-order valence-electron chi connectivity index (χ0n) is 15.8. The number of aryl methyl sites for hydroxylation is 1. The Balaban J connectivity index is 1.70. The summed E-state index contributed by atoms with van der Waals surface area (Å²) in [5.41, 5.74) is 2.64. The molecule has 2 nitrogen and oxygen atoms in total. The quantitative estimate of drug-likeness (QED) is 0.526. The van der Waals surface area contributed by atoms with Crippen molar-refractivity contribution in [2.24, 2.45) is 0 Å². The molecule has 0 aliphatic rings. The predicted octanol–water partition coefficient (Wildman–Crippen LogP) is 5.08. The van der Waals surface area contributed by atoms with Crippen LogP contribution in [0, 0.1) is 18.6 Å². The van der Waals surface area contributed by atoms with Gasteiger partial charge >= 0.3 is 0 Å². The number of nitrogens with zero attached hydrogens (tertiary/aromatic N) is 1. The molecule has 146 valence electrons. The van der Waals surface area contributed by atoms with E-state index in [1.807, 2.05) is 36.4 Å². The second kappa shape index (κ2) is 9.71. The van der Waals surface area contributed by atoms with E-state index in [1.54, 1.807) is 31.2 Å². The van der Waals surface area contributed by atoms with E-state index in [9.17, 15) is 13.0 Å². The zero-order valence-corrected chi connectivity index (χ0v) is 16.6. The monoisotopic (exact) mass is 399 g/mol. The lowest BCUT2D eigenvalue weighted by Gasteiger charge is -2.22. The first-order chi connectivity index (χ1) is 13.5. The lowest BCUT2D eigenvalue weighted by Crippen LogP contribution is -2.27. The molecule has 3 rings (SSSR count). The van der Waals surface area contributed by atoms with E-state index in [0.29, 0.717) is 35.8 Å². The van der Waals surface area contributed by atoms with Crippen LogP contribution in [0.4, 0.5) is 8.78 Å². The van der Waals surface area contributed by atoms with Gasteiger partial charge in [0.05, 0.1) is 10.8 Å². The maximum absolute atomic E-state index is 13.9. The molecular formula is C23H23F2NOS. The van der Waals surface area contributed by atoms with Gasteiger partial charge in [0.2, 0.25) is 0 Å². The minimum absolute atomic E-state index is 0.216. The fraction of sp³-hybridized carbons (Fsp3) is 0.217. The molecule has 0 bridgehead atoms. The van der Waals surface area contributed by atoms with Crippen LogP contribution in [-0.4, -0.2) is 21.4 Å². The van der Waals surface area contributed by atoms with Crippen molar-refractivity contribution in [3.8, 4) is 0 Å². The Bertz CT molecular complexity index is 929. The summed E-state index contributed by atoms with van der Waals surface area (Å²) in [7, 11) is -1.22. The van der Waals surface area contributed by atoms with Gasteiger partial charge in [-0.05, 0) is 53.9 Å². The molecule has 0 N–H and O–H groups in total. The van der Waals surface area contributed by atoms with Crippen LogP contribution in [0.1, 0.15) is 16.7 Å². The molecule has 0 fully saturated rings. The van der Waals surface area contributed by atoms with Crippen LogP contribution >= 0.6 is 0 Å². The Kier molecular flexibility index (Phi) is 7.06. The Morgan fingerprint density at radius 3 is 2.21 bits per heavy atom. The SMILES string of the molecule is Cc1ccc(CN(CCS(=O)c2ccc(F)cc2)Cc2ccccc2)cc1F. The van der Waals surface area contributed by atoms with E-state index < -0.39 is 10.8 Å². The Labute approximate surface area is 167 Å². The summed E-state index contributed by atoms with van der Waals surface area (Å²) in [5, 5.41) is 0. The molecule has 5 heteroatoms. The summed E-state index contributed by atoms with van der Waals surface area (Å²) >= 11 is 0. The van der Waals surface area contributed by atoms with E-state index in [-0.39, 0.29) is 11.6 Å². The third kappa shape index (κ3) is 5.81. The normalized spacial score (nSPS) is 12.3. The number of rotatable bonds is 8. The van der Waals surface area contributed by atoms with Gasteiger partial charge in [0.1, 0.15) is 11.6 Å². The van der Waals surface area contributed by atoms with Crippen molar-refractivity contribution in [2.45, 2.75) is 24.9 Å². The van der Waals surface area contributed by atoms with Crippen molar-refractivity contribution in [1.82, 2.24) is 4.90 Å². The van der Waals surface area contributed by atoms with Crippen molar-refractivity contribution in [1.29, 1.82) is 0 Å². The van der Waals surface area contributed by atoms with Gasteiger partial charge in [-0.25, -0.2) is 8.78 Å². The molecule has 3 aromatic rings. The summed E-state index contributed by atoms with van der Waals surface area (Å²) in [4.78, 5) is 2.77. The van der Waals surface area contributed by atoms with Crippen molar-refractivity contribution in [3.05, 3.63) is 101 Å². The lowest BCUT2D eigenvalue weighted by molar-refractivity contribution is 0.272. The molecule has 0 radical (unpaired) electrons. The molecule has 3 aromatic carbocycles. The summed E-state index contributed by atoms with van der Waals surface area (Å²) in [5.74, 6) is -0.132. The third-order valence-corrected chi connectivity index (χ3v) is 5.91. The van der Waals surface area contributed by atoms with Crippen LogP contribution in [-0.2, 0) is 23.9 Å². The minimum atomic E-state index is -1.22. The maximum Gasteiger partial charge on any atom is 0.126 e. The van der Waals surface area contributed by atoms with Gasteiger partial charge < -0.3 is 0 Å². The van der Waals surface area contributed by atoms with Crippen LogP contribution in [0.2, 0.25) is 0 Å². The molecule has 1 atom stereocenters. The van der Waals surface area contributed by atoms with E-state index in [2.05, 4.69) is 4.90 Å². The predicted molar refractivity (Wildman–Crippen MR) is 109 cm³/mol. The van der Waals surface area contributed by atoms with Crippen molar-refractivity contribution in [3.63, 3.8) is 0 Å². The first kappa shape index (κ1) is 20.4. The van der Waals surface area contributed by atoms with Gasteiger partial charge in [0, 0.05) is 30.3 Å². The van der Waals surface area contributed by atoms with Gasteiger partial charge in [-0.3, -0.25) is 9.11 Å². The molecule has 0 aliphatic carbocycles. The second-order valence-corrected chi connectivity index (χ2v) is 8.35. The van der Waals surface area contributed by atoms with Crippen molar-refractivity contribution in [2.75, 3.05) is 12.3 Å². The fourth-order valence-electron chi connectivity index (χ4n) is 2.96. The van der Waals surface area contributed by atoms with Crippen molar-refractivity contribution < 1.29 is 13.0 Å². The largest absolute Gasteiger partial charge is 0.294 e. The standard InChI is InChI=1S/C23H23F2NOS/c1-18-7-8-20(15-23(18)25)17-26(16-19-5-3-2-4-6-19)13-14-28(27)22-11-9-21(24)10-12-22/h2-12,15H,13-14,16-17H2,1H3. The molecule has 0 amide bonds. The van der Waals surface area contributed by atoms with Crippen LogP contribution in [0.5, 0.6) is 0 Å². The zero-order chi connectivity index (χ0) is 19.9. The molecule has 0 aliphatic heterocycles. The van der Waals surface area contributed by atoms with Crippen LogP contribution in [0.3, 0.4) is 0 Å². The van der Waals surface area contributed by atoms with Crippen LogP contribution < -0.4 is 0 Å². The first-order valence-electron chi connectivity index (χ1n) is 9.16. The number of halogens is 2. The third-order valence-electron chi connectivity index (χ3n) is 4.56. The van der Waals surface area contributed by atoms with Crippen LogP contribution in [0.15, 0.2) is 77.7 Å². The topological polar surface area (TPSA) is 20.3 Å². The summed E-state index contributed by atoms with van der Waals surface area (Å²) in [6, 6.07) is 21.0. The summed E-state index contributed by atoms with van der Waals surface area (Å²) in [6.45, 7) is 3.56. The Hall–Kier alpha value is -2.37. The molecule has 0 saturated heterocycles. The maximum atomic E-state index is 13.9. The number of benzene rings is 3. The average molecular weight is 400 g/mol. The van der Waals surface area contributed by atoms with Gasteiger partial charge in [0.25, 0.3) is 0 Å². The fourth-order valence-corrected chi connectivity index (χ4v) is 4.06. The lowest BCUT2D eigenvalue weighted by atomic mass is 10.1. The molecule has 0 heterocycles. The highest BCUT2D eigenvalue weighted by molar-refractivity contribution is 7.85. The van der Waals surface area contributed by atoms with Gasteiger partial charge in [-0.15, -0.1) is 0 Å². The van der Waals surface area contributed by atoms with Crippen molar-refractivity contribution >= 4 is 10.8 Å². The molecule has 28 heavy (non-hydrogen) atoms. The average Bonchev–Trinajstić information content (AvgIpc) is 2.70. The van der Waals surface area contributed by atoms with E-state index >= 15 is 0 Å². The highest BCUT2D eigenvalue weighted by Crippen LogP contribution is 2.15. The molecule has 0 aromatic heterocycles. The van der Waals surface area contributed by atoms with Gasteiger partial charge in [-0.2, -0.15) is 0 Å². The summed E-state index contributed by atoms with van der Waals surface area (Å²) < 4.78 is 39.6. The summed E-state index contributed by atoms with van der Waals surface area (Å²) in [6.07, 6.45) is 0. The molecule has 0 spiro atoms. The van der Waals surface area contributed by atoms with E-state index in [1.165, 1.54) is 12.1 Å². The Morgan fingerprint density at radius 2 is 1.54 bits per heavy atom. The van der Waals surface area contributed by atoms with Gasteiger partial charge in [0.15, 0.2) is 0 Å². The molecule has 0 saturated carbocycles.